The monoisotopic (exact) mass is 804 g/mol. The number of methoxy groups -OCH3 is 1. The van der Waals surface area contributed by atoms with Gasteiger partial charge in [0.15, 0.2) is 8.32 Å². The Morgan fingerprint density at radius 1 is 1.04 bits per heavy atom. The number of halogens is 1. The standard InChI is InChI=1S/C43H57ClN4O7Si/c1-42(2,3)56(5,6)55-37(31-15-17-35(49)40-32(31)16-18-38(50)48-40)26-45-25-29-23-33(44)34(24-36(29)54-4)47-27-39(51)46-21-11-13-28-12-10-14-30(22-28)43(41(52)53)19-8-7-9-20-43/h10,12,14-18,22-24,37,45,47,49H,7-9,11,13,19-21,25-27H2,1-6H3,(H,46,51)(H,48,50)(H,52,53)/t37-/m0/s1. The largest absolute Gasteiger partial charge is 0.506 e. The molecule has 11 nitrogen and oxygen atoms in total. The minimum atomic E-state index is -2.26. The molecule has 1 aliphatic carbocycles. The van der Waals surface area contributed by atoms with Gasteiger partial charge in [-0.25, -0.2) is 0 Å². The van der Waals surface area contributed by atoms with Crippen molar-refractivity contribution in [2.24, 2.45) is 0 Å². The second-order valence-electron chi connectivity index (χ2n) is 16.4. The number of nitrogens with one attached hydrogen (secondary N) is 4. The van der Waals surface area contributed by atoms with Gasteiger partial charge in [0.25, 0.3) is 0 Å². The summed E-state index contributed by atoms with van der Waals surface area (Å²) in [7, 11) is -0.679. The van der Waals surface area contributed by atoms with Crippen molar-refractivity contribution in [3.8, 4) is 11.5 Å². The summed E-state index contributed by atoms with van der Waals surface area (Å²) in [6.45, 7) is 12.3. The minimum Gasteiger partial charge on any atom is -0.506 e. The number of phenolic OH excluding ortho intramolecular Hbond substituents is 1. The van der Waals surface area contributed by atoms with Gasteiger partial charge in [-0.2, -0.15) is 0 Å². The van der Waals surface area contributed by atoms with Crippen molar-refractivity contribution in [1.82, 2.24) is 15.6 Å². The van der Waals surface area contributed by atoms with E-state index in [9.17, 15) is 24.6 Å². The third-order valence-corrected chi connectivity index (χ3v) is 16.3. The molecule has 1 heterocycles. The second kappa shape index (κ2) is 18.3. The lowest BCUT2D eigenvalue weighted by Gasteiger charge is -2.39. The number of carboxylic acid groups (broad SMARTS) is 1. The number of aliphatic carboxylic acids is 1. The summed E-state index contributed by atoms with van der Waals surface area (Å²) < 4.78 is 12.7. The molecule has 0 radical (unpaired) electrons. The summed E-state index contributed by atoms with van der Waals surface area (Å²) >= 11 is 6.72. The first-order chi connectivity index (χ1) is 26.5. The lowest BCUT2D eigenvalue weighted by molar-refractivity contribution is -0.145. The predicted molar refractivity (Wildman–Crippen MR) is 226 cm³/mol. The van der Waals surface area contributed by atoms with Crippen LogP contribution in [0.15, 0.2) is 65.5 Å². The molecule has 1 aliphatic rings. The van der Waals surface area contributed by atoms with Crippen LogP contribution in [-0.4, -0.2) is 62.1 Å². The summed E-state index contributed by atoms with van der Waals surface area (Å²) in [6.07, 6.45) is 5.33. The number of hydrogen-bond acceptors (Lipinski definition) is 8. The number of pyridine rings is 1. The van der Waals surface area contributed by atoms with Crippen molar-refractivity contribution in [2.45, 2.75) is 102 Å². The van der Waals surface area contributed by atoms with E-state index in [4.69, 9.17) is 20.8 Å². The van der Waals surface area contributed by atoms with E-state index in [1.54, 1.807) is 25.3 Å². The van der Waals surface area contributed by atoms with Crippen molar-refractivity contribution in [1.29, 1.82) is 0 Å². The minimum absolute atomic E-state index is 0.00420. The molecule has 0 bridgehead atoms. The topological polar surface area (TPSA) is 162 Å². The highest BCUT2D eigenvalue weighted by molar-refractivity contribution is 6.74. The molecule has 56 heavy (non-hydrogen) atoms. The number of fused-ring (bicyclic) bond motifs is 1. The number of anilines is 1. The third-order valence-electron chi connectivity index (χ3n) is 11.5. The molecule has 302 valence electrons. The van der Waals surface area contributed by atoms with E-state index in [0.717, 1.165) is 54.4 Å². The fourth-order valence-electron chi connectivity index (χ4n) is 7.25. The van der Waals surface area contributed by atoms with Crippen molar-refractivity contribution >= 4 is 48.4 Å². The SMILES string of the molecule is COc1cc(NCC(=O)NCCCc2cccc(C3(C(=O)O)CCCCC3)c2)c(Cl)cc1CNC[C@H](O[Si](C)(C)C(C)(C)C)c1ccc(O)c2[nH]c(=O)ccc12. The first kappa shape index (κ1) is 42.8. The van der Waals surface area contributed by atoms with Gasteiger partial charge < -0.3 is 40.3 Å². The van der Waals surface area contributed by atoms with E-state index in [1.807, 2.05) is 36.4 Å². The number of H-pyrrole nitrogens is 1. The molecule has 3 aromatic carbocycles. The Kier molecular flexibility index (Phi) is 14.0. The van der Waals surface area contributed by atoms with Crippen LogP contribution in [-0.2, 0) is 32.4 Å². The van der Waals surface area contributed by atoms with Crippen LogP contribution in [0.4, 0.5) is 5.69 Å². The van der Waals surface area contributed by atoms with Gasteiger partial charge in [-0.05, 0) is 78.7 Å². The number of ether oxygens (including phenoxy) is 1. The first-order valence-electron chi connectivity index (χ1n) is 19.5. The molecule has 4 aromatic rings. The van der Waals surface area contributed by atoms with Gasteiger partial charge >= 0.3 is 5.97 Å². The lowest BCUT2D eigenvalue weighted by Crippen LogP contribution is -2.43. The van der Waals surface area contributed by atoms with E-state index < -0.39 is 19.7 Å². The predicted octanol–water partition coefficient (Wildman–Crippen LogP) is 8.20. The van der Waals surface area contributed by atoms with Crippen molar-refractivity contribution in [2.75, 3.05) is 32.1 Å². The van der Waals surface area contributed by atoms with Gasteiger partial charge in [0, 0.05) is 42.7 Å². The number of benzene rings is 3. The Bertz CT molecular complexity index is 2070. The number of carbonyl (C=O) groups excluding carboxylic acids is 1. The fourth-order valence-corrected chi connectivity index (χ4v) is 8.78. The molecule has 0 aliphatic heterocycles. The molecule has 6 N–H and O–H groups in total. The summed E-state index contributed by atoms with van der Waals surface area (Å²) in [5, 5.41) is 31.3. The maximum Gasteiger partial charge on any atom is 0.314 e. The number of phenols is 1. The highest BCUT2D eigenvalue weighted by Crippen LogP contribution is 2.42. The number of aromatic hydroxyl groups is 1. The molecule has 1 saturated carbocycles. The van der Waals surface area contributed by atoms with Crippen LogP contribution in [0.2, 0.25) is 23.2 Å². The smallest absolute Gasteiger partial charge is 0.314 e. The third kappa shape index (κ3) is 10.1. The van der Waals surface area contributed by atoms with E-state index >= 15 is 0 Å². The Morgan fingerprint density at radius 2 is 1.79 bits per heavy atom. The summed E-state index contributed by atoms with van der Waals surface area (Å²) in [6, 6.07) is 18.1. The van der Waals surface area contributed by atoms with Crippen LogP contribution in [0.3, 0.4) is 0 Å². The highest BCUT2D eigenvalue weighted by Gasteiger charge is 2.41. The number of amides is 1. The molecule has 0 unspecified atom stereocenters. The van der Waals surface area contributed by atoms with Crippen LogP contribution >= 0.6 is 11.6 Å². The molecular weight excluding hydrogens is 748 g/mol. The number of carbonyl (C=O) groups is 2. The molecule has 0 spiro atoms. The second-order valence-corrected chi connectivity index (χ2v) is 21.5. The van der Waals surface area contributed by atoms with Gasteiger partial charge in [0.2, 0.25) is 11.5 Å². The molecule has 13 heteroatoms. The van der Waals surface area contributed by atoms with E-state index in [2.05, 4.69) is 54.8 Å². The Hall–Kier alpha value is -4.36. The molecule has 1 amide bonds. The number of hydrogen-bond donors (Lipinski definition) is 6. The number of aromatic amines is 1. The average molecular weight is 805 g/mol. The normalized spacial score (nSPS) is 15.0. The molecule has 1 atom stereocenters. The zero-order chi connectivity index (χ0) is 40.7. The van der Waals surface area contributed by atoms with Crippen LogP contribution in [0.1, 0.15) is 87.7 Å². The number of carboxylic acids is 1. The molecular formula is C43H57ClN4O7Si. The quantitative estimate of drug-likeness (QED) is 0.0457. The number of aromatic nitrogens is 1. The Morgan fingerprint density at radius 3 is 2.48 bits per heavy atom. The van der Waals surface area contributed by atoms with Gasteiger partial charge in [-0.1, -0.05) is 82.0 Å². The van der Waals surface area contributed by atoms with Crippen LogP contribution in [0.5, 0.6) is 11.5 Å². The summed E-state index contributed by atoms with van der Waals surface area (Å²) in [5.41, 5.74) is 3.46. The summed E-state index contributed by atoms with van der Waals surface area (Å²) in [5.74, 6) is -0.323. The fraction of sp³-hybridized carbons (Fsp3) is 0.465. The molecule has 5 rings (SSSR count). The van der Waals surface area contributed by atoms with Gasteiger partial charge in [0.1, 0.15) is 11.5 Å². The average Bonchev–Trinajstić information content (AvgIpc) is 3.16. The Labute approximate surface area is 335 Å². The van der Waals surface area contributed by atoms with E-state index in [-0.39, 0.29) is 34.9 Å². The van der Waals surface area contributed by atoms with Crippen molar-refractivity contribution in [3.63, 3.8) is 0 Å². The van der Waals surface area contributed by atoms with Crippen molar-refractivity contribution < 1.29 is 29.0 Å². The van der Waals surface area contributed by atoms with Crippen LogP contribution < -0.4 is 26.2 Å². The van der Waals surface area contributed by atoms with Crippen molar-refractivity contribution in [3.05, 3.63) is 98.3 Å². The number of aryl methyl sites for hydroxylation is 1. The molecule has 1 aromatic heterocycles. The van der Waals surface area contributed by atoms with Gasteiger partial charge in [0.05, 0.1) is 41.4 Å². The zero-order valence-electron chi connectivity index (χ0n) is 33.4. The van der Waals surface area contributed by atoms with Gasteiger partial charge in [-0.3, -0.25) is 14.4 Å². The van der Waals surface area contributed by atoms with Crippen LogP contribution in [0, 0.1) is 0 Å². The maximum absolute atomic E-state index is 12.8. The van der Waals surface area contributed by atoms with Gasteiger partial charge in [-0.15, -0.1) is 0 Å². The lowest BCUT2D eigenvalue weighted by atomic mass is 9.69. The van der Waals surface area contributed by atoms with E-state index in [0.29, 0.717) is 59.8 Å². The molecule has 1 fully saturated rings. The maximum atomic E-state index is 12.8. The highest BCUT2D eigenvalue weighted by atomic mass is 35.5. The first-order valence-corrected chi connectivity index (χ1v) is 22.8. The number of rotatable bonds is 17. The van der Waals surface area contributed by atoms with E-state index in [1.165, 1.54) is 6.07 Å². The van der Waals surface area contributed by atoms with Crippen LogP contribution in [0.25, 0.3) is 10.9 Å². The Balaban J connectivity index is 1.17. The zero-order valence-corrected chi connectivity index (χ0v) is 35.2. The summed E-state index contributed by atoms with van der Waals surface area (Å²) in [4.78, 5) is 39.9. The molecule has 0 saturated heterocycles.